The molecule has 0 aromatic rings. The largest absolute Gasteiger partial charge is 0.415 e. The molecular weight excluding hydrogens is 370 g/mol. The summed E-state index contributed by atoms with van der Waals surface area (Å²) in [5, 5.41) is 0. The molecule has 0 radical (unpaired) electrons. The highest BCUT2D eigenvalue weighted by Crippen LogP contribution is 2.60. The molecule has 0 heterocycles. The second-order valence-electron chi connectivity index (χ2n) is 2.59. The molecule has 0 nitrogen and oxygen atoms in total. The second kappa shape index (κ2) is 4.26. The quantitative estimate of drug-likeness (QED) is 0.466. The first-order valence-electron chi connectivity index (χ1n) is 3.29. The molecule has 96 valence electrons. The Morgan fingerprint density at radius 3 is 0.938 bits per heavy atom. The minimum absolute atomic E-state index is 0.0340. The normalized spacial score (nSPS) is 15.9. The fourth-order valence-corrected chi connectivity index (χ4v) is 1.40. The molecule has 0 aliphatic heterocycles. The highest BCUT2D eigenvalue weighted by Gasteiger charge is 2.82. The van der Waals surface area contributed by atoms with Gasteiger partial charge in [-0.2, -0.15) is 39.5 Å². The second-order valence-corrected chi connectivity index (χ2v) is 3.31. The van der Waals surface area contributed by atoms with Gasteiger partial charge >= 0.3 is 18.5 Å². The Morgan fingerprint density at radius 1 is 0.625 bits per heavy atom. The van der Waals surface area contributed by atoms with E-state index in [9.17, 15) is 39.5 Å². The Balaban J connectivity index is 6.04. The van der Waals surface area contributed by atoms with Crippen molar-refractivity contribution in [3.63, 3.8) is 0 Å². The molecule has 0 aromatic heterocycles. The highest BCUT2D eigenvalue weighted by molar-refractivity contribution is 14.1. The van der Waals surface area contributed by atoms with Gasteiger partial charge in [0.1, 0.15) is 0 Å². The maximum absolute atomic E-state index is 12.1. The number of hydrogen-bond acceptors (Lipinski definition) is 0. The zero-order chi connectivity index (χ0) is 13.4. The Bertz CT molecular complexity index is 231. The molecule has 0 fully saturated rings. The fraction of sp³-hybridized carbons (Fsp3) is 0.667. The molecular formula is C6H2F9I. The highest BCUT2D eigenvalue weighted by atomic mass is 127. The maximum Gasteiger partial charge on any atom is 0.415 e. The average molecular weight is 372 g/mol. The first-order valence-corrected chi connectivity index (χ1v) is 4.54. The van der Waals surface area contributed by atoms with Gasteiger partial charge in [0.15, 0.2) is 0 Å². The summed E-state index contributed by atoms with van der Waals surface area (Å²) in [7, 11) is 0. The molecule has 0 aliphatic carbocycles. The molecule has 0 aromatic carbocycles. The van der Waals surface area contributed by atoms with Crippen LogP contribution in [0.2, 0.25) is 0 Å². The van der Waals surface area contributed by atoms with Crippen molar-refractivity contribution in [1.29, 1.82) is 0 Å². The molecule has 0 bridgehead atoms. The summed E-state index contributed by atoms with van der Waals surface area (Å²) in [4.78, 5) is 0. The van der Waals surface area contributed by atoms with Crippen LogP contribution in [-0.4, -0.2) is 18.5 Å². The third kappa shape index (κ3) is 2.40. The molecule has 0 saturated heterocycles. The Morgan fingerprint density at radius 2 is 0.875 bits per heavy atom. The number of halogens is 10. The third-order valence-electron chi connectivity index (χ3n) is 1.65. The van der Waals surface area contributed by atoms with E-state index >= 15 is 0 Å². The van der Waals surface area contributed by atoms with E-state index in [4.69, 9.17) is 0 Å². The van der Waals surface area contributed by atoms with E-state index in [1.54, 1.807) is 0 Å². The Kier molecular flexibility index (Phi) is 4.21. The van der Waals surface area contributed by atoms with E-state index in [0.29, 0.717) is 0 Å². The Labute approximate surface area is 96.6 Å². The van der Waals surface area contributed by atoms with Gasteiger partial charge in [0, 0.05) is 0 Å². The van der Waals surface area contributed by atoms with E-state index < -0.39 is 30.0 Å². The fourth-order valence-electron chi connectivity index (χ4n) is 0.860. The molecule has 0 N–H and O–H groups in total. The van der Waals surface area contributed by atoms with E-state index in [-0.39, 0.29) is 4.08 Å². The van der Waals surface area contributed by atoms with Crippen molar-refractivity contribution in [1.82, 2.24) is 0 Å². The van der Waals surface area contributed by atoms with Crippen LogP contribution in [0.4, 0.5) is 39.5 Å². The van der Waals surface area contributed by atoms with E-state index in [1.165, 1.54) is 0 Å². The minimum atomic E-state index is -6.51. The summed E-state index contributed by atoms with van der Waals surface area (Å²) in [6, 6.07) is 0. The zero-order valence-corrected chi connectivity index (χ0v) is 9.09. The van der Waals surface area contributed by atoms with E-state index in [1.807, 2.05) is 0 Å². The molecule has 0 spiro atoms. The molecule has 10 heteroatoms. The lowest BCUT2D eigenvalue weighted by molar-refractivity contribution is -0.406. The monoisotopic (exact) mass is 372 g/mol. The number of allylic oxidation sites excluding steroid dienone is 1. The van der Waals surface area contributed by atoms with Crippen LogP contribution in [0.25, 0.3) is 0 Å². The van der Waals surface area contributed by atoms with Gasteiger partial charge in [0.05, 0.1) is 0 Å². The van der Waals surface area contributed by atoms with E-state index in [0.717, 1.165) is 22.6 Å². The van der Waals surface area contributed by atoms with Gasteiger partial charge in [-0.3, -0.25) is 0 Å². The van der Waals surface area contributed by atoms with Crippen LogP contribution in [0.5, 0.6) is 0 Å². The van der Waals surface area contributed by atoms with Crippen LogP contribution in [0, 0.1) is 5.41 Å². The average Bonchev–Trinajstić information content (AvgIpc) is 1.91. The lowest BCUT2D eigenvalue weighted by Gasteiger charge is -2.35. The number of alkyl halides is 9. The smallest absolute Gasteiger partial charge is 0.169 e. The van der Waals surface area contributed by atoms with Gasteiger partial charge in [0.25, 0.3) is 5.41 Å². The predicted molar refractivity (Wildman–Crippen MR) is 43.8 cm³/mol. The van der Waals surface area contributed by atoms with Crippen molar-refractivity contribution in [3.05, 3.63) is 10.2 Å². The van der Waals surface area contributed by atoms with Gasteiger partial charge < -0.3 is 0 Å². The standard InChI is InChI=1S/C6H2F9I/c7-4(8,9)3(1-2-16,5(10,11)12)6(13,14)15/h1-2H/b2-1-. The summed E-state index contributed by atoms with van der Waals surface area (Å²) in [5.74, 6) is 0. The van der Waals surface area contributed by atoms with Crippen molar-refractivity contribution in [2.75, 3.05) is 0 Å². The van der Waals surface area contributed by atoms with Crippen LogP contribution < -0.4 is 0 Å². The maximum atomic E-state index is 12.1. The molecule has 0 atom stereocenters. The molecule has 16 heavy (non-hydrogen) atoms. The molecule has 0 saturated carbocycles. The number of rotatable bonds is 1. The SMILES string of the molecule is FC(F)(F)C(/C=C\I)(C(F)(F)F)C(F)(F)F. The molecule has 0 amide bonds. The topological polar surface area (TPSA) is 0 Å². The van der Waals surface area contributed by atoms with Gasteiger partial charge in [-0.05, 0) is 10.2 Å². The molecule has 0 aliphatic rings. The third-order valence-corrected chi connectivity index (χ3v) is 2.01. The van der Waals surface area contributed by atoms with Crippen LogP contribution in [0.1, 0.15) is 0 Å². The predicted octanol–water partition coefficient (Wildman–Crippen LogP) is 4.61. The van der Waals surface area contributed by atoms with Gasteiger partial charge in [-0.15, -0.1) is 0 Å². The van der Waals surface area contributed by atoms with Gasteiger partial charge in [0.2, 0.25) is 0 Å². The summed E-state index contributed by atoms with van der Waals surface area (Å²) in [5.41, 5.74) is -5.83. The van der Waals surface area contributed by atoms with Crippen LogP contribution in [-0.2, 0) is 0 Å². The summed E-state index contributed by atoms with van der Waals surface area (Å²) in [6.45, 7) is 0. The lowest BCUT2D eigenvalue weighted by atomic mass is 9.85. The van der Waals surface area contributed by atoms with Crippen molar-refractivity contribution >= 4 is 22.6 Å². The van der Waals surface area contributed by atoms with Crippen molar-refractivity contribution in [2.45, 2.75) is 18.5 Å². The van der Waals surface area contributed by atoms with Crippen molar-refractivity contribution in [2.24, 2.45) is 5.41 Å². The summed E-state index contributed by atoms with van der Waals surface area (Å²) in [6.07, 6.45) is -20.5. The molecule has 0 unspecified atom stereocenters. The van der Waals surface area contributed by atoms with Crippen molar-refractivity contribution in [3.8, 4) is 0 Å². The first-order chi connectivity index (χ1) is 6.81. The van der Waals surface area contributed by atoms with Crippen LogP contribution in [0.15, 0.2) is 10.2 Å². The summed E-state index contributed by atoms with van der Waals surface area (Å²) >= 11 is 0.852. The van der Waals surface area contributed by atoms with Crippen molar-refractivity contribution < 1.29 is 39.5 Å². The van der Waals surface area contributed by atoms with Gasteiger partial charge in [-0.25, -0.2) is 0 Å². The minimum Gasteiger partial charge on any atom is -0.169 e. The zero-order valence-electron chi connectivity index (χ0n) is 6.93. The lowest BCUT2D eigenvalue weighted by Crippen LogP contribution is -2.58. The number of hydrogen-bond donors (Lipinski definition) is 0. The van der Waals surface area contributed by atoms with Gasteiger partial charge in [-0.1, -0.05) is 22.6 Å². The first kappa shape index (κ1) is 15.8. The molecule has 0 rings (SSSR count). The van der Waals surface area contributed by atoms with Crippen LogP contribution >= 0.6 is 22.6 Å². The van der Waals surface area contributed by atoms with E-state index in [2.05, 4.69) is 0 Å². The van der Waals surface area contributed by atoms with Crippen LogP contribution in [0.3, 0.4) is 0 Å². The Hall–Kier alpha value is -0.160. The summed E-state index contributed by atoms with van der Waals surface area (Å²) < 4.78 is 109.